The second-order valence-electron chi connectivity index (χ2n) is 2.71. The highest BCUT2D eigenvalue weighted by atomic mass is 35.5. The summed E-state index contributed by atoms with van der Waals surface area (Å²) in [6.07, 6.45) is 0. The number of fused-ring (bicyclic) bond motifs is 1. The third-order valence-corrected chi connectivity index (χ3v) is 1.99. The Morgan fingerprint density at radius 2 is 2.46 bits per heavy atom. The van der Waals surface area contributed by atoms with E-state index in [0.717, 1.165) is 23.6 Å². The number of hydrogen-bond acceptors (Lipinski definition) is 3. The maximum absolute atomic E-state index is 5.52. The highest BCUT2D eigenvalue weighted by Crippen LogP contribution is 2.33. The van der Waals surface area contributed by atoms with E-state index in [-0.39, 0.29) is 0 Å². The van der Waals surface area contributed by atoms with E-state index in [2.05, 4.69) is 5.48 Å². The predicted octanol–water partition coefficient (Wildman–Crippen LogP) is 1.70. The van der Waals surface area contributed by atoms with Crippen LogP contribution in [0.25, 0.3) is 0 Å². The summed E-state index contributed by atoms with van der Waals surface area (Å²) in [6.45, 7) is 1.23. The molecule has 1 heterocycles. The van der Waals surface area contributed by atoms with Crippen molar-refractivity contribution in [3.8, 4) is 11.5 Å². The lowest BCUT2D eigenvalue weighted by Gasteiger charge is -2.07. The molecule has 70 valence electrons. The number of rotatable bonds is 3. The lowest BCUT2D eigenvalue weighted by Crippen LogP contribution is -2.08. The van der Waals surface area contributed by atoms with Crippen LogP contribution in [0.15, 0.2) is 18.2 Å². The van der Waals surface area contributed by atoms with Gasteiger partial charge in [-0.25, -0.2) is 0 Å². The number of alkyl halides is 1. The zero-order valence-corrected chi connectivity index (χ0v) is 7.80. The SMILES string of the molecule is ClCCOc1cccc2c1ONC2. The van der Waals surface area contributed by atoms with Crippen molar-refractivity contribution in [2.45, 2.75) is 6.54 Å². The van der Waals surface area contributed by atoms with Crippen LogP contribution >= 0.6 is 11.6 Å². The van der Waals surface area contributed by atoms with Crippen LogP contribution in [0, 0.1) is 0 Å². The highest BCUT2D eigenvalue weighted by molar-refractivity contribution is 6.18. The Morgan fingerprint density at radius 1 is 1.54 bits per heavy atom. The van der Waals surface area contributed by atoms with Gasteiger partial charge in [0.05, 0.1) is 12.4 Å². The molecular weight excluding hydrogens is 190 g/mol. The van der Waals surface area contributed by atoms with Crippen LogP contribution in [-0.2, 0) is 6.54 Å². The minimum Gasteiger partial charge on any atom is -0.488 e. The molecular formula is C9H10ClNO2. The first kappa shape index (κ1) is 8.66. The van der Waals surface area contributed by atoms with Crippen LogP contribution in [0.5, 0.6) is 11.5 Å². The molecule has 0 aliphatic carbocycles. The van der Waals surface area contributed by atoms with Gasteiger partial charge in [-0.15, -0.1) is 11.6 Å². The van der Waals surface area contributed by atoms with Crippen LogP contribution < -0.4 is 15.1 Å². The fraction of sp³-hybridized carbons (Fsp3) is 0.333. The average molecular weight is 200 g/mol. The molecule has 0 unspecified atom stereocenters. The maximum Gasteiger partial charge on any atom is 0.193 e. The summed E-state index contributed by atoms with van der Waals surface area (Å²) in [4.78, 5) is 5.21. The molecule has 0 bridgehead atoms. The molecule has 0 saturated heterocycles. The Bertz CT molecular complexity index is 304. The van der Waals surface area contributed by atoms with Crippen molar-refractivity contribution >= 4 is 11.6 Å². The van der Waals surface area contributed by atoms with Crippen molar-refractivity contribution < 1.29 is 9.57 Å². The number of benzene rings is 1. The zero-order chi connectivity index (χ0) is 9.10. The van der Waals surface area contributed by atoms with E-state index in [0.29, 0.717) is 12.5 Å². The van der Waals surface area contributed by atoms with E-state index < -0.39 is 0 Å². The maximum atomic E-state index is 5.52. The monoisotopic (exact) mass is 199 g/mol. The van der Waals surface area contributed by atoms with E-state index in [4.69, 9.17) is 21.2 Å². The molecule has 2 rings (SSSR count). The molecule has 1 aliphatic heterocycles. The fourth-order valence-electron chi connectivity index (χ4n) is 1.26. The molecule has 0 radical (unpaired) electrons. The third-order valence-electron chi connectivity index (χ3n) is 1.83. The fourth-order valence-corrected chi connectivity index (χ4v) is 1.34. The zero-order valence-electron chi connectivity index (χ0n) is 7.05. The molecule has 13 heavy (non-hydrogen) atoms. The summed E-state index contributed by atoms with van der Waals surface area (Å²) < 4.78 is 5.40. The number of ether oxygens (including phenoxy) is 1. The van der Waals surface area contributed by atoms with Crippen molar-refractivity contribution in [2.75, 3.05) is 12.5 Å². The molecule has 3 nitrogen and oxygen atoms in total. The largest absolute Gasteiger partial charge is 0.488 e. The molecule has 0 saturated carbocycles. The van der Waals surface area contributed by atoms with Gasteiger partial charge < -0.3 is 9.57 Å². The van der Waals surface area contributed by atoms with E-state index in [1.54, 1.807) is 0 Å². The average Bonchev–Trinajstić information content (AvgIpc) is 2.62. The summed E-state index contributed by atoms with van der Waals surface area (Å²) >= 11 is 5.52. The lowest BCUT2D eigenvalue weighted by molar-refractivity contribution is 0.211. The summed E-state index contributed by atoms with van der Waals surface area (Å²) in [6, 6.07) is 5.82. The standard InChI is InChI=1S/C9H10ClNO2/c10-4-5-12-8-3-1-2-7-6-11-13-9(7)8/h1-3,11H,4-6H2. The van der Waals surface area contributed by atoms with Gasteiger partial charge in [0.2, 0.25) is 0 Å². The molecule has 0 fully saturated rings. The molecule has 4 heteroatoms. The molecule has 0 amide bonds. The minimum absolute atomic E-state index is 0.483. The molecule has 1 N–H and O–H groups in total. The normalized spacial score (nSPS) is 13.6. The van der Waals surface area contributed by atoms with Crippen molar-refractivity contribution in [2.24, 2.45) is 0 Å². The Labute approximate surface area is 81.6 Å². The number of para-hydroxylation sites is 1. The topological polar surface area (TPSA) is 30.5 Å². The van der Waals surface area contributed by atoms with Crippen molar-refractivity contribution in [1.82, 2.24) is 5.48 Å². The molecule has 1 aliphatic rings. The second kappa shape index (κ2) is 3.85. The third kappa shape index (κ3) is 1.71. The Morgan fingerprint density at radius 3 is 3.31 bits per heavy atom. The van der Waals surface area contributed by atoms with Crippen molar-refractivity contribution in [3.05, 3.63) is 23.8 Å². The first-order valence-corrected chi connectivity index (χ1v) is 4.65. The van der Waals surface area contributed by atoms with E-state index >= 15 is 0 Å². The second-order valence-corrected chi connectivity index (χ2v) is 3.08. The summed E-state index contributed by atoms with van der Waals surface area (Å²) in [5, 5.41) is 0. The van der Waals surface area contributed by atoms with Crippen molar-refractivity contribution in [1.29, 1.82) is 0 Å². The van der Waals surface area contributed by atoms with E-state index in [1.807, 2.05) is 18.2 Å². The number of nitrogens with one attached hydrogen (secondary N) is 1. The lowest BCUT2D eigenvalue weighted by atomic mass is 10.2. The molecule has 0 aromatic heterocycles. The van der Waals surface area contributed by atoms with E-state index in [1.165, 1.54) is 0 Å². The predicted molar refractivity (Wildman–Crippen MR) is 50.1 cm³/mol. The summed E-state index contributed by atoms with van der Waals surface area (Å²) in [5.41, 5.74) is 3.91. The smallest absolute Gasteiger partial charge is 0.193 e. The van der Waals surface area contributed by atoms with Crippen LogP contribution in [-0.4, -0.2) is 12.5 Å². The van der Waals surface area contributed by atoms with Gasteiger partial charge in [-0.1, -0.05) is 12.1 Å². The van der Waals surface area contributed by atoms with Gasteiger partial charge in [0.15, 0.2) is 11.5 Å². The quantitative estimate of drug-likeness (QED) is 0.752. The van der Waals surface area contributed by atoms with Crippen LogP contribution in [0.3, 0.4) is 0 Å². The number of hydrogen-bond donors (Lipinski definition) is 1. The molecule has 1 aromatic carbocycles. The van der Waals surface area contributed by atoms with Crippen molar-refractivity contribution in [3.63, 3.8) is 0 Å². The van der Waals surface area contributed by atoms with Gasteiger partial charge >= 0.3 is 0 Å². The Balaban J connectivity index is 2.20. The highest BCUT2D eigenvalue weighted by Gasteiger charge is 2.16. The Hall–Kier alpha value is -0.930. The van der Waals surface area contributed by atoms with Crippen LogP contribution in [0.4, 0.5) is 0 Å². The van der Waals surface area contributed by atoms with Gasteiger partial charge in [0.1, 0.15) is 6.61 Å². The first-order chi connectivity index (χ1) is 6.42. The van der Waals surface area contributed by atoms with Crippen LogP contribution in [0.1, 0.15) is 5.56 Å². The molecule has 1 aromatic rings. The van der Waals surface area contributed by atoms with E-state index in [9.17, 15) is 0 Å². The number of hydroxylamine groups is 1. The van der Waals surface area contributed by atoms with Gasteiger partial charge in [0.25, 0.3) is 0 Å². The van der Waals surface area contributed by atoms with Gasteiger partial charge in [0, 0.05) is 5.56 Å². The van der Waals surface area contributed by atoms with Gasteiger partial charge in [-0.2, -0.15) is 5.48 Å². The first-order valence-electron chi connectivity index (χ1n) is 4.12. The Kier molecular flexibility index (Phi) is 2.57. The number of halogens is 1. The molecule has 0 atom stereocenters. The van der Waals surface area contributed by atoms with Gasteiger partial charge in [-0.05, 0) is 6.07 Å². The molecule has 0 spiro atoms. The summed E-state index contributed by atoms with van der Waals surface area (Å²) in [5.74, 6) is 2.02. The summed E-state index contributed by atoms with van der Waals surface area (Å²) in [7, 11) is 0. The minimum atomic E-state index is 0.483. The van der Waals surface area contributed by atoms with Gasteiger partial charge in [-0.3, -0.25) is 0 Å². The van der Waals surface area contributed by atoms with Crippen LogP contribution in [0.2, 0.25) is 0 Å².